The van der Waals surface area contributed by atoms with Crippen molar-refractivity contribution in [1.29, 1.82) is 0 Å². The van der Waals surface area contributed by atoms with E-state index in [1.54, 1.807) is 13.3 Å². The zero-order chi connectivity index (χ0) is 19.0. The minimum atomic E-state index is -0.224. The number of allylic oxidation sites excluding steroid dienone is 2. The predicted molar refractivity (Wildman–Crippen MR) is 105 cm³/mol. The number of methoxy groups -OCH3 is 1. The number of carbonyl (C=O) groups excluding carboxylic acids is 2. The third-order valence-electron chi connectivity index (χ3n) is 7.09. The van der Waals surface area contributed by atoms with Crippen LogP contribution in [0.3, 0.4) is 0 Å². The molecule has 3 fully saturated rings. The van der Waals surface area contributed by atoms with E-state index in [1.807, 2.05) is 36.4 Å². The molecule has 5 aliphatic rings. The molecule has 2 bridgehead atoms. The van der Waals surface area contributed by atoms with Crippen LogP contribution in [0.15, 0.2) is 53.7 Å². The predicted octanol–water partition coefficient (Wildman–Crippen LogP) is 3.24. The van der Waals surface area contributed by atoms with Crippen LogP contribution in [0.2, 0.25) is 0 Å². The normalized spacial score (nSPS) is 35.0. The molecule has 6 atom stereocenters. The van der Waals surface area contributed by atoms with Crippen LogP contribution in [0.4, 0.5) is 0 Å². The summed E-state index contributed by atoms with van der Waals surface area (Å²) >= 11 is 0. The van der Waals surface area contributed by atoms with Gasteiger partial charge in [0, 0.05) is 5.56 Å². The first-order valence-electron chi connectivity index (χ1n) is 9.85. The van der Waals surface area contributed by atoms with E-state index in [0.29, 0.717) is 17.6 Å². The molecule has 4 aliphatic carbocycles. The summed E-state index contributed by atoms with van der Waals surface area (Å²) < 4.78 is 5.49. The topological polar surface area (TPSA) is 59.0 Å². The number of nitrogens with zero attached hydrogens (tertiary/aromatic N) is 2. The van der Waals surface area contributed by atoms with Crippen LogP contribution in [0, 0.1) is 35.5 Å². The molecule has 1 saturated heterocycles. The molecule has 0 radical (unpaired) electrons. The van der Waals surface area contributed by atoms with Gasteiger partial charge < -0.3 is 4.74 Å². The van der Waals surface area contributed by atoms with E-state index in [1.165, 1.54) is 0 Å². The maximum absolute atomic E-state index is 13.1. The number of amides is 2. The minimum absolute atomic E-state index is 0.143. The van der Waals surface area contributed by atoms with E-state index < -0.39 is 0 Å². The first-order valence-corrected chi connectivity index (χ1v) is 9.85. The number of carbonyl (C=O) groups is 2. The molecule has 5 heteroatoms. The van der Waals surface area contributed by atoms with Crippen LogP contribution in [0.1, 0.15) is 12.0 Å². The molecule has 0 unspecified atom stereocenters. The third kappa shape index (κ3) is 1.99. The summed E-state index contributed by atoms with van der Waals surface area (Å²) in [5.74, 6) is 1.54. The Morgan fingerprint density at radius 3 is 2.36 bits per heavy atom. The van der Waals surface area contributed by atoms with Crippen molar-refractivity contribution in [3.05, 3.63) is 54.1 Å². The highest BCUT2D eigenvalue weighted by Gasteiger charge is 2.67. The van der Waals surface area contributed by atoms with E-state index in [2.05, 4.69) is 17.3 Å². The lowest BCUT2D eigenvalue weighted by molar-refractivity contribution is -0.140. The maximum Gasteiger partial charge on any atom is 0.254 e. The number of hydrogen-bond acceptors (Lipinski definition) is 4. The van der Waals surface area contributed by atoms with E-state index in [-0.39, 0.29) is 35.5 Å². The Bertz CT molecular complexity index is 1050. The molecule has 1 heterocycles. The lowest BCUT2D eigenvalue weighted by Crippen LogP contribution is -2.40. The summed E-state index contributed by atoms with van der Waals surface area (Å²) in [5.41, 5.74) is 0.778. The summed E-state index contributed by atoms with van der Waals surface area (Å²) in [6, 6.07) is 11.8. The summed E-state index contributed by atoms with van der Waals surface area (Å²) in [6.07, 6.45) is 7.11. The van der Waals surface area contributed by atoms with Crippen molar-refractivity contribution in [1.82, 2.24) is 5.01 Å². The molecule has 2 aromatic rings. The fourth-order valence-corrected chi connectivity index (χ4v) is 5.76. The van der Waals surface area contributed by atoms with Gasteiger partial charge in [-0.15, -0.1) is 0 Å². The molecule has 2 amide bonds. The number of ether oxygens (including phenoxy) is 1. The Morgan fingerprint density at radius 1 is 1.00 bits per heavy atom. The average Bonchev–Trinajstić information content (AvgIpc) is 3.51. The maximum atomic E-state index is 13.1. The van der Waals surface area contributed by atoms with Gasteiger partial charge >= 0.3 is 0 Å². The van der Waals surface area contributed by atoms with Crippen molar-refractivity contribution in [3.63, 3.8) is 0 Å². The van der Waals surface area contributed by atoms with Crippen molar-refractivity contribution in [3.8, 4) is 5.75 Å². The number of hydrazone groups is 1. The Balaban J connectivity index is 1.38. The first-order chi connectivity index (χ1) is 13.7. The van der Waals surface area contributed by atoms with Crippen LogP contribution in [0.25, 0.3) is 10.8 Å². The fourth-order valence-electron chi connectivity index (χ4n) is 5.76. The molecule has 7 rings (SSSR count). The molecular weight excluding hydrogens is 352 g/mol. The largest absolute Gasteiger partial charge is 0.496 e. The van der Waals surface area contributed by atoms with Gasteiger partial charge in [0.15, 0.2) is 0 Å². The second kappa shape index (κ2) is 5.53. The minimum Gasteiger partial charge on any atom is -0.496 e. The zero-order valence-electron chi connectivity index (χ0n) is 15.5. The number of fused-ring (bicyclic) bond motifs is 1. The van der Waals surface area contributed by atoms with Gasteiger partial charge in [0.2, 0.25) is 0 Å². The van der Waals surface area contributed by atoms with Crippen molar-refractivity contribution >= 4 is 28.8 Å². The molecule has 2 aromatic carbocycles. The molecule has 0 spiro atoms. The molecular formula is C23H20N2O3. The Hall–Kier alpha value is -2.95. The lowest BCUT2D eigenvalue weighted by Gasteiger charge is -2.37. The molecule has 140 valence electrons. The SMILES string of the molecule is COc1ccc2ccccc2c1/C=N/N1C(=O)[C@H]2[C@@H]3C=C[C@H]([C@H]4C[C@H]34)[C@@H]2C1=O. The van der Waals surface area contributed by atoms with Gasteiger partial charge in [-0.05, 0) is 46.9 Å². The highest BCUT2D eigenvalue weighted by atomic mass is 16.5. The molecule has 5 nitrogen and oxygen atoms in total. The Morgan fingerprint density at radius 2 is 1.68 bits per heavy atom. The Kier molecular flexibility index (Phi) is 3.17. The van der Waals surface area contributed by atoms with E-state index >= 15 is 0 Å². The van der Waals surface area contributed by atoms with Crippen LogP contribution >= 0.6 is 0 Å². The zero-order valence-corrected chi connectivity index (χ0v) is 15.5. The summed E-state index contributed by atoms with van der Waals surface area (Å²) in [7, 11) is 1.61. The van der Waals surface area contributed by atoms with Gasteiger partial charge in [-0.2, -0.15) is 10.1 Å². The van der Waals surface area contributed by atoms with Gasteiger partial charge in [0.25, 0.3) is 11.8 Å². The van der Waals surface area contributed by atoms with Crippen molar-refractivity contribution in [2.45, 2.75) is 6.42 Å². The lowest BCUT2D eigenvalue weighted by atomic mass is 9.63. The van der Waals surface area contributed by atoms with Crippen LogP contribution in [0.5, 0.6) is 5.75 Å². The van der Waals surface area contributed by atoms with Gasteiger partial charge in [-0.3, -0.25) is 9.59 Å². The van der Waals surface area contributed by atoms with E-state index in [4.69, 9.17) is 4.74 Å². The fraction of sp³-hybridized carbons (Fsp3) is 0.348. The Labute approximate surface area is 162 Å². The molecule has 1 aliphatic heterocycles. The first kappa shape index (κ1) is 16.0. The average molecular weight is 372 g/mol. The monoisotopic (exact) mass is 372 g/mol. The van der Waals surface area contributed by atoms with Gasteiger partial charge in [0.05, 0.1) is 25.2 Å². The second-order valence-corrected chi connectivity index (χ2v) is 8.29. The summed E-state index contributed by atoms with van der Waals surface area (Å²) in [6.45, 7) is 0. The van der Waals surface area contributed by atoms with Gasteiger partial charge in [-0.25, -0.2) is 0 Å². The van der Waals surface area contributed by atoms with Gasteiger partial charge in [0.1, 0.15) is 5.75 Å². The highest BCUT2D eigenvalue weighted by Crippen LogP contribution is 2.65. The van der Waals surface area contributed by atoms with Gasteiger partial charge in [-0.1, -0.05) is 42.5 Å². The van der Waals surface area contributed by atoms with E-state index in [9.17, 15) is 9.59 Å². The summed E-state index contributed by atoms with van der Waals surface area (Å²) in [5, 5.41) is 7.53. The van der Waals surface area contributed by atoms with E-state index in [0.717, 1.165) is 27.8 Å². The van der Waals surface area contributed by atoms with Crippen molar-refractivity contribution < 1.29 is 14.3 Å². The van der Waals surface area contributed by atoms with Crippen LogP contribution in [-0.2, 0) is 9.59 Å². The third-order valence-corrected chi connectivity index (χ3v) is 7.09. The van der Waals surface area contributed by atoms with Crippen molar-refractivity contribution in [2.24, 2.45) is 40.6 Å². The molecule has 2 saturated carbocycles. The second-order valence-electron chi connectivity index (χ2n) is 8.29. The highest BCUT2D eigenvalue weighted by molar-refractivity contribution is 6.08. The number of benzene rings is 2. The summed E-state index contributed by atoms with van der Waals surface area (Å²) in [4.78, 5) is 26.1. The van der Waals surface area contributed by atoms with Crippen LogP contribution in [-0.4, -0.2) is 30.1 Å². The number of rotatable bonds is 3. The molecule has 0 aromatic heterocycles. The smallest absolute Gasteiger partial charge is 0.254 e. The van der Waals surface area contributed by atoms with Crippen molar-refractivity contribution in [2.75, 3.05) is 7.11 Å². The molecule has 28 heavy (non-hydrogen) atoms. The number of imide groups is 1. The standard InChI is InChI=1S/C23H20N2O3/c1-28-19-9-6-12-4-2-3-5-13(12)18(19)11-24-25-22(26)20-14-7-8-15(17-10-16(14)17)21(20)23(25)27/h2-9,11,14-17,20-21H,10H2,1H3/b24-11+/t14-,15-,16-,17-,20+,21+/m1/s1. The van der Waals surface area contributed by atoms with Crippen LogP contribution < -0.4 is 4.74 Å². The quantitative estimate of drug-likeness (QED) is 0.472. The number of hydrogen-bond donors (Lipinski definition) is 0. The molecule has 0 N–H and O–H groups in total.